The van der Waals surface area contributed by atoms with E-state index < -0.39 is 5.97 Å². The first kappa shape index (κ1) is 10.9. The van der Waals surface area contributed by atoms with Crippen molar-refractivity contribution in [1.82, 2.24) is 9.55 Å². The highest BCUT2D eigenvalue weighted by Crippen LogP contribution is 2.14. The van der Waals surface area contributed by atoms with Crippen LogP contribution >= 0.6 is 11.3 Å². The van der Waals surface area contributed by atoms with Gasteiger partial charge in [-0.25, -0.2) is 9.78 Å². The molecule has 2 aromatic rings. The Morgan fingerprint density at radius 2 is 2.31 bits per heavy atom. The fraction of sp³-hybridized carbons (Fsp3) is 0.273. The van der Waals surface area contributed by atoms with Gasteiger partial charge in [-0.15, -0.1) is 11.3 Å². The molecule has 0 saturated heterocycles. The number of rotatable bonds is 3. The van der Waals surface area contributed by atoms with Gasteiger partial charge in [-0.3, -0.25) is 0 Å². The first-order valence-electron chi connectivity index (χ1n) is 4.88. The molecule has 0 aliphatic carbocycles. The molecule has 5 heteroatoms. The molecule has 0 aromatic carbocycles. The Balaban J connectivity index is 2.31. The van der Waals surface area contributed by atoms with Crippen molar-refractivity contribution in [2.45, 2.75) is 20.4 Å². The van der Waals surface area contributed by atoms with Crippen molar-refractivity contribution in [2.24, 2.45) is 0 Å². The zero-order chi connectivity index (χ0) is 11.7. The molecular formula is C11H12N2O2S. The van der Waals surface area contributed by atoms with E-state index in [-0.39, 0.29) is 0 Å². The van der Waals surface area contributed by atoms with E-state index >= 15 is 0 Å². The number of nitrogens with zero attached hydrogens (tertiary/aromatic N) is 2. The van der Waals surface area contributed by atoms with E-state index in [0.717, 1.165) is 16.3 Å². The Labute approximate surface area is 97.2 Å². The number of thiazole rings is 1. The Bertz CT molecular complexity index is 528. The van der Waals surface area contributed by atoms with Crippen LogP contribution in [0.4, 0.5) is 0 Å². The van der Waals surface area contributed by atoms with Crippen LogP contribution < -0.4 is 0 Å². The molecule has 2 rings (SSSR count). The summed E-state index contributed by atoms with van der Waals surface area (Å²) in [6, 6.07) is 1.81. The quantitative estimate of drug-likeness (QED) is 0.889. The second-order valence-electron chi connectivity index (χ2n) is 3.64. The summed E-state index contributed by atoms with van der Waals surface area (Å²) in [7, 11) is 0. The molecule has 4 nitrogen and oxygen atoms in total. The Morgan fingerprint density at radius 3 is 2.88 bits per heavy atom. The van der Waals surface area contributed by atoms with Gasteiger partial charge in [0.1, 0.15) is 5.69 Å². The van der Waals surface area contributed by atoms with Crippen LogP contribution in [0.3, 0.4) is 0 Å². The number of hydrogen-bond donors (Lipinski definition) is 1. The smallest absolute Gasteiger partial charge is 0.352 e. The minimum absolute atomic E-state index is 0.339. The minimum Gasteiger partial charge on any atom is -0.477 e. The molecule has 84 valence electrons. The monoisotopic (exact) mass is 236 g/mol. The number of aryl methyl sites for hydroxylation is 2. The van der Waals surface area contributed by atoms with Crippen molar-refractivity contribution >= 4 is 17.3 Å². The molecule has 0 atom stereocenters. The Kier molecular flexibility index (Phi) is 2.78. The number of carboxylic acid groups (broad SMARTS) is 1. The molecule has 0 amide bonds. The molecule has 0 saturated carbocycles. The van der Waals surface area contributed by atoms with Gasteiger partial charge in [0.2, 0.25) is 0 Å². The molecule has 0 aliphatic heterocycles. The van der Waals surface area contributed by atoms with Gasteiger partial charge in [0.05, 0.1) is 17.2 Å². The predicted molar refractivity (Wildman–Crippen MR) is 62.1 cm³/mol. The Hall–Kier alpha value is -1.62. The van der Waals surface area contributed by atoms with Gasteiger partial charge < -0.3 is 9.67 Å². The summed E-state index contributed by atoms with van der Waals surface area (Å²) in [5.74, 6) is -0.894. The van der Waals surface area contributed by atoms with E-state index in [0.29, 0.717) is 12.2 Å². The van der Waals surface area contributed by atoms with Gasteiger partial charge in [0.25, 0.3) is 0 Å². The van der Waals surface area contributed by atoms with Crippen LogP contribution in [0.1, 0.15) is 26.8 Å². The molecule has 2 heterocycles. The van der Waals surface area contributed by atoms with Crippen molar-refractivity contribution < 1.29 is 9.90 Å². The van der Waals surface area contributed by atoms with Crippen LogP contribution in [0.15, 0.2) is 17.6 Å². The number of hydrogen-bond acceptors (Lipinski definition) is 3. The Morgan fingerprint density at radius 1 is 1.56 bits per heavy atom. The van der Waals surface area contributed by atoms with E-state index in [1.807, 2.05) is 18.4 Å². The van der Waals surface area contributed by atoms with Crippen molar-refractivity contribution in [1.29, 1.82) is 0 Å². The molecule has 0 aliphatic rings. The third-order valence-electron chi connectivity index (χ3n) is 2.37. The van der Waals surface area contributed by atoms with Crippen LogP contribution in [0, 0.1) is 13.8 Å². The standard InChI is InChI=1S/C11H12N2O2S/c1-7-3-4-13(10(7)11(14)15)5-9-6-16-8(2)12-9/h3-4,6H,5H2,1-2H3,(H,14,15). The van der Waals surface area contributed by atoms with E-state index in [2.05, 4.69) is 4.98 Å². The van der Waals surface area contributed by atoms with Crippen LogP contribution in [0.5, 0.6) is 0 Å². The fourth-order valence-corrected chi connectivity index (χ4v) is 2.26. The predicted octanol–water partition coefficient (Wildman–Crippen LogP) is 2.31. The lowest BCUT2D eigenvalue weighted by Crippen LogP contribution is -2.10. The third kappa shape index (κ3) is 1.99. The minimum atomic E-state index is -0.894. The lowest BCUT2D eigenvalue weighted by Gasteiger charge is -2.04. The van der Waals surface area contributed by atoms with Crippen LogP contribution in [0.25, 0.3) is 0 Å². The lowest BCUT2D eigenvalue weighted by atomic mass is 10.3. The maximum absolute atomic E-state index is 11.1. The van der Waals surface area contributed by atoms with Gasteiger partial charge in [-0.05, 0) is 25.5 Å². The van der Waals surface area contributed by atoms with Gasteiger partial charge >= 0.3 is 5.97 Å². The number of aromatic nitrogens is 2. The second kappa shape index (κ2) is 4.09. The highest BCUT2D eigenvalue weighted by molar-refractivity contribution is 7.09. The summed E-state index contributed by atoms with van der Waals surface area (Å²) in [4.78, 5) is 15.4. The van der Waals surface area contributed by atoms with E-state index in [4.69, 9.17) is 5.11 Å². The summed E-state index contributed by atoms with van der Waals surface area (Å²) in [6.07, 6.45) is 1.79. The summed E-state index contributed by atoms with van der Waals surface area (Å²) in [6.45, 7) is 4.25. The molecule has 0 bridgehead atoms. The third-order valence-corrected chi connectivity index (χ3v) is 3.19. The number of carboxylic acids is 1. The molecule has 1 N–H and O–H groups in total. The maximum atomic E-state index is 11.1. The lowest BCUT2D eigenvalue weighted by molar-refractivity contribution is 0.0685. The van der Waals surface area contributed by atoms with E-state index in [1.165, 1.54) is 0 Å². The average molecular weight is 236 g/mol. The molecule has 0 fully saturated rings. The van der Waals surface area contributed by atoms with Crippen molar-refractivity contribution in [3.05, 3.63) is 39.6 Å². The van der Waals surface area contributed by atoms with Crippen LogP contribution in [0.2, 0.25) is 0 Å². The van der Waals surface area contributed by atoms with E-state index in [1.54, 1.807) is 29.0 Å². The average Bonchev–Trinajstić information content (AvgIpc) is 2.74. The molecule has 0 spiro atoms. The fourth-order valence-electron chi connectivity index (χ4n) is 1.66. The first-order valence-corrected chi connectivity index (χ1v) is 5.76. The normalized spacial score (nSPS) is 10.6. The summed E-state index contributed by atoms with van der Waals surface area (Å²) < 4.78 is 1.71. The molecule has 0 radical (unpaired) electrons. The topological polar surface area (TPSA) is 55.1 Å². The van der Waals surface area contributed by atoms with E-state index in [9.17, 15) is 4.79 Å². The van der Waals surface area contributed by atoms with Gasteiger partial charge in [0, 0.05) is 11.6 Å². The zero-order valence-electron chi connectivity index (χ0n) is 9.10. The summed E-state index contributed by atoms with van der Waals surface area (Å²) >= 11 is 1.57. The molecule has 16 heavy (non-hydrogen) atoms. The zero-order valence-corrected chi connectivity index (χ0v) is 9.91. The summed E-state index contributed by atoms with van der Waals surface area (Å²) in [5.41, 5.74) is 2.02. The first-order chi connectivity index (χ1) is 7.58. The largest absolute Gasteiger partial charge is 0.477 e. The second-order valence-corrected chi connectivity index (χ2v) is 4.70. The number of carbonyl (C=O) groups is 1. The van der Waals surface area contributed by atoms with Gasteiger partial charge in [-0.2, -0.15) is 0 Å². The van der Waals surface area contributed by atoms with Crippen LogP contribution in [-0.2, 0) is 6.54 Å². The van der Waals surface area contributed by atoms with Gasteiger partial charge in [0.15, 0.2) is 0 Å². The van der Waals surface area contributed by atoms with Crippen LogP contribution in [-0.4, -0.2) is 20.6 Å². The summed E-state index contributed by atoms with van der Waals surface area (Å²) in [5, 5.41) is 12.0. The van der Waals surface area contributed by atoms with Crippen molar-refractivity contribution in [2.75, 3.05) is 0 Å². The highest BCUT2D eigenvalue weighted by atomic mass is 32.1. The maximum Gasteiger partial charge on any atom is 0.352 e. The SMILES string of the molecule is Cc1nc(Cn2ccc(C)c2C(=O)O)cs1. The molecular weight excluding hydrogens is 224 g/mol. The van der Waals surface area contributed by atoms with Crippen molar-refractivity contribution in [3.8, 4) is 0 Å². The molecule has 2 aromatic heterocycles. The molecule has 0 unspecified atom stereocenters. The highest BCUT2D eigenvalue weighted by Gasteiger charge is 2.13. The number of aromatic carboxylic acids is 1. The van der Waals surface area contributed by atoms with Gasteiger partial charge in [-0.1, -0.05) is 0 Å². The van der Waals surface area contributed by atoms with Crippen molar-refractivity contribution in [3.63, 3.8) is 0 Å².